The Bertz CT molecular complexity index is 311. The molecule has 0 aromatic rings. The highest BCUT2D eigenvalue weighted by Gasteiger charge is 2.45. The van der Waals surface area contributed by atoms with Crippen molar-refractivity contribution in [2.45, 2.75) is 12.0 Å². The summed E-state index contributed by atoms with van der Waals surface area (Å²) in [4.78, 5) is 0. The lowest BCUT2D eigenvalue weighted by Crippen LogP contribution is -2.64. The average molecular weight is 191 g/mol. The van der Waals surface area contributed by atoms with Gasteiger partial charge in [0.15, 0.2) is 0 Å². The Balaban J connectivity index is 2.54. The molecule has 1 saturated heterocycles. The Morgan fingerprint density at radius 1 is 1.67 bits per heavy atom. The van der Waals surface area contributed by atoms with Crippen molar-refractivity contribution in [1.29, 1.82) is 5.26 Å². The maximum Gasteiger partial charge on any atom is 0.277 e. The van der Waals surface area contributed by atoms with Crippen LogP contribution in [0.5, 0.6) is 0 Å². The van der Waals surface area contributed by atoms with Gasteiger partial charge in [-0.1, -0.05) is 0 Å². The molecule has 0 aromatic heterocycles. The van der Waals surface area contributed by atoms with Gasteiger partial charge in [-0.25, -0.2) is 5.14 Å². The fraction of sp³-hybridized carbons (Fsp3) is 0.800. The Kier molecular flexibility index (Phi) is 2.09. The topological polar surface area (TPSA) is 107 Å². The molecule has 0 atom stereocenters. The molecule has 6 nitrogen and oxygen atoms in total. The van der Waals surface area contributed by atoms with Gasteiger partial charge in [-0.15, -0.1) is 0 Å². The quantitative estimate of drug-likeness (QED) is 0.534. The van der Waals surface area contributed by atoms with Crippen LogP contribution < -0.4 is 5.14 Å². The van der Waals surface area contributed by atoms with E-state index in [1.165, 1.54) is 0 Å². The summed E-state index contributed by atoms with van der Waals surface area (Å²) in [5, 5.41) is 22.4. The number of nitriles is 1. The average Bonchev–Trinajstić information content (AvgIpc) is 1.81. The molecule has 0 amide bonds. The molecule has 68 valence electrons. The zero-order valence-electron chi connectivity index (χ0n) is 6.27. The van der Waals surface area contributed by atoms with E-state index >= 15 is 0 Å². The lowest BCUT2D eigenvalue weighted by Gasteiger charge is -2.42. The van der Waals surface area contributed by atoms with E-state index in [0.29, 0.717) is 0 Å². The zero-order valence-corrected chi connectivity index (χ0v) is 7.08. The number of rotatable bonds is 2. The molecule has 0 radical (unpaired) electrons. The van der Waals surface area contributed by atoms with Crippen LogP contribution in [0, 0.1) is 11.3 Å². The third kappa shape index (κ3) is 1.73. The summed E-state index contributed by atoms with van der Waals surface area (Å²) in [6.07, 6.45) is -0.0704. The van der Waals surface area contributed by atoms with E-state index in [1.54, 1.807) is 6.07 Å². The van der Waals surface area contributed by atoms with Crippen LogP contribution in [-0.2, 0) is 10.2 Å². The summed E-state index contributed by atoms with van der Waals surface area (Å²) >= 11 is 0. The Labute approximate surface area is 70.4 Å². The van der Waals surface area contributed by atoms with Gasteiger partial charge >= 0.3 is 0 Å². The van der Waals surface area contributed by atoms with Gasteiger partial charge < -0.3 is 5.11 Å². The Morgan fingerprint density at radius 2 is 2.17 bits per heavy atom. The van der Waals surface area contributed by atoms with Crippen molar-refractivity contribution in [3.8, 4) is 6.07 Å². The minimum absolute atomic E-state index is 0.0704. The molecule has 0 saturated carbocycles. The molecule has 1 aliphatic heterocycles. The first-order chi connectivity index (χ1) is 5.37. The Hall–Kier alpha value is -0.680. The van der Waals surface area contributed by atoms with Crippen LogP contribution in [0.1, 0.15) is 6.42 Å². The molecule has 7 heteroatoms. The smallest absolute Gasteiger partial charge is 0.277 e. The number of nitrogens with two attached hydrogens (primary N) is 1. The third-order valence-corrected chi connectivity index (χ3v) is 2.69. The molecule has 1 aliphatic rings. The molecule has 1 fully saturated rings. The molecule has 0 aromatic carbocycles. The minimum atomic E-state index is -3.69. The van der Waals surface area contributed by atoms with Gasteiger partial charge in [-0.2, -0.15) is 18.0 Å². The van der Waals surface area contributed by atoms with Gasteiger partial charge in [0.2, 0.25) is 0 Å². The first kappa shape index (κ1) is 9.41. The maximum atomic E-state index is 10.6. The van der Waals surface area contributed by atoms with Crippen LogP contribution in [-0.4, -0.2) is 36.5 Å². The third-order valence-electron chi connectivity index (χ3n) is 1.71. The zero-order chi connectivity index (χ0) is 9.41. The van der Waals surface area contributed by atoms with Gasteiger partial charge in [0.05, 0.1) is 12.5 Å². The first-order valence-corrected chi connectivity index (χ1v) is 4.75. The van der Waals surface area contributed by atoms with E-state index in [4.69, 9.17) is 10.4 Å². The second kappa shape index (κ2) is 2.67. The molecule has 1 heterocycles. The minimum Gasteiger partial charge on any atom is -0.386 e. The van der Waals surface area contributed by atoms with Crippen molar-refractivity contribution < 1.29 is 13.5 Å². The van der Waals surface area contributed by atoms with Crippen molar-refractivity contribution in [3.05, 3.63) is 0 Å². The molecular weight excluding hydrogens is 182 g/mol. The predicted molar refractivity (Wildman–Crippen MR) is 39.9 cm³/mol. The normalized spacial score (nSPS) is 22.8. The van der Waals surface area contributed by atoms with Crippen LogP contribution in [0.2, 0.25) is 0 Å². The van der Waals surface area contributed by atoms with Gasteiger partial charge in [-0.3, -0.25) is 0 Å². The van der Waals surface area contributed by atoms with Crippen molar-refractivity contribution in [2.24, 2.45) is 5.14 Å². The molecule has 12 heavy (non-hydrogen) atoms. The van der Waals surface area contributed by atoms with Crippen LogP contribution in [0.4, 0.5) is 0 Å². The van der Waals surface area contributed by atoms with E-state index < -0.39 is 15.8 Å². The van der Waals surface area contributed by atoms with E-state index in [0.717, 1.165) is 4.31 Å². The second-order valence-corrected chi connectivity index (χ2v) is 4.42. The van der Waals surface area contributed by atoms with Crippen LogP contribution in [0.25, 0.3) is 0 Å². The molecule has 3 N–H and O–H groups in total. The molecule has 0 unspecified atom stereocenters. The summed E-state index contributed by atoms with van der Waals surface area (Å²) < 4.78 is 22.2. The number of β-amino-alcohol motifs (C(OH)–C–C–N with tert-alkyl or cyclic N) is 1. The maximum absolute atomic E-state index is 10.6. The van der Waals surface area contributed by atoms with Crippen molar-refractivity contribution in [3.63, 3.8) is 0 Å². The van der Waals surface area contributed by atoms with Gasteiger partial charge in [-0.05, 0) is 0 Å². The van der Waals surface area contributed by atoms with Crippen molar-refractivity contribution in [2.75, 3.05) is 13.1 Å². The summed E-state index contributed by atoms with van der Waals surface area (Å²) in [5.74, 6) is 0. The highest BCUT2D eigenvalue weighted by molar-refractivity contribution is 7.86. The number of hydrogen-bond acceptors (Lipinski definition) is 4. The summed E-state index contributed by atoms with van der Waals surface area (Å²) in [7, 11) is -3.69. The van der Waals surface area contributed by atoms with Crippen LogP contribution >= 0.6 is 0 Å². The predicted octanol–water partition coefficient (Wildman–Crippen LogP) is -1.85. The molecule has 0 aliphatic carbocycles. The van der Waals surface area contributed by atoms with E-state index in [-0.39, 0.29) is 19.5 Å². The number of aliphatic hydroxyl groups is 1. The lowest BCUT2D eigenvalue weighted by atomic mass is 9.94. The Morgan fingerprint density at radius 3 is 2.50 bits per heavy atom. The van der Waals surface area contributed by atoms with Gasteiger partial charge in [0, 0.05) is 13.1 Å². The highest BCUT2D eigenvalue weighted by Crippen LogP contribution is 2.24. The summed E-state index contributed by atoms with van der Waals surface area (Å²) in [5.41, 5.74) is -1.19. The SMILES string of the molecule is N#CCC1(O)CN(S(N)(=O)=O)C1. The molecular formula is C5H9N3O3S. The van der Waals surface area contributed by atoms with E-state index in [9.17, 15) is 13.5 Å². The second-order valence-electron chi connectivity index (χ2n) is 2.87. The molecule has 0 bridgehead atoms. The fourth-order valence-corrected chi connectivity index (χ4v) is 1.89. The van der Waals surface area contributed by atoms with Crippen molar-refractivity contribution in [1.82, 2.24) is 4.31 Å². The van der Waals surface area contributed by atoms with E-state index in [2.05, 4.69) is 0 Å². The van der Waals surface area contributed by atoms with Crippen molar-refractivity contribution >= 4 is 10.2 Å². The lowest BCUT2D eigenvalue weighted by molar-refractivity contribution is -0.0547. The number of nitrogens with zero attached hydrogens (tertiary/aromatic N) is 2. The van der Waals surface area contributed by atoms with Gasteiger partial charge in [0.1, 0.15) is 5.60 Å². The molecule has 1 rings (SSSR count). The van der Waals surface area contributed by atoms with E-state index in [1.807, 2.05) is 0 Å². The monoisotopic (exact) mass is 191 g/mol. The standard InChI is InChI=1S/C5H9N3O3S/c6-2-1-5(9)3-8(4-5)12(7,10)11/h9H,1,3-4H2,(H2,7,10,11). The summed E-state index contributed by atoms with van der Waals surface area (Å²) in [6, 6.07) is 1.77. The molecule has 0 spiro atoms. The number of hydrogen-bond donors (Lipinski definition) is 2. The largest absolute Gasteiger partial charge is 0.386 e. The fourth-order valence-electron chi connectivity index (χ4n) is 1.05. The summed E-state index contributed by atoms with van der Waals surface area (Å²) in [6.45, 7) is -0.168. The van der Waals surface area contributed by atoms with Crippen LogP contribution in [0.3, 0.4) is 0 Å². The highest BCUT2D eigenvalue weighted by atomic mass is 32.2. The van der Waals surface area contributed by atoms with Gasteiger partial charge in [0.25, 0.3) is 10.2 Å². The van der Waals surface area contributed by atoms with Crippen LogP contribution in [0.15, 0.2) is 0 Å². The first-order valence-electron chi connectivity index (χ1n) is 3.25.